The van der Waals surface area contributed by atoms with E-state index in [1.165, 1.54) is 83.0 Å². The summed E-state index contributed by atoms with van der Waals surface area (Å²) in [5, 5.41) is 0. The van der Waals surface area contributed by atoms with E-state index >= 15 is 0 Å². The lowest BCUT2D eigenvalue weighted by molar-refractivity contribution is -0.219. The molecule has 328 valence electrons. The van der Waals surface area contributed by atoms with Crippen molar-refractivity contribution in [1.82, 2.24) is 0 Å². The quantitative estimate of drug-likeness (QED) is 0.0344. The fourth-order valence-electron chi connectivity index (χ4n) is 9.49. The van der Waals surface area contributed by atoms with Gasteiger partial charge in [-0.15, -0.1) is 0 Å². The van der Waals surface area contributed by atoms with Crippen LogP contribution in [0.5, 0.6) is 23.0 Å². The van der Waals surface area contributed by atoms with Crippen molar-refractivity contribution in [2.24, 2.45) is 0 Å². The van der Waals surface area contributed by atoms with Crippen molar-refractivity contribution < 1.29 is 29.0 Å². The van der Waals surface area contributed by atoms with E-state index in [9.17, 15) is 0 Å². The predicted octanol–water partition coefficient (Wildman–Crippen LogP) is 14.0. The molecule has 2 aliphatic carbocycles. The molecule has 6 heteroatoms. The van der Waals surface area contributed by atoms with Crippen molar-refractivity contribution in [1.29, 1.82) is 0 Å². The molecular formula is C57H64O6. The summed E-state index contributed by atoms with van der Waals surface area (Å²) in [6.45, 7) is 6.64. The Labute approximate surface area is 375 Å². The van der Waals surface area contributed by atoms with Gasteiger partial charge in [-0.1, -0.05) is 143 Å². The Morgan fingerprint density at radius 1 is 0.429 bits per heavy atom. The van der Waals surface area contributed by atoms with Crippen molar-refractivity contribution in [3.63, 3.8) is 0 Å². The molecule has 1 spiro atoms. The second-order valence-corrected chi connectivity index (χ2v) is 17.4. The third-order valence-corrected chi connectivity index (χ3v) is 12.8. The SMILES string of the molecule is CCCCCCOc1ccc(COOc2ccc(COOc3cccc4c3C3(CCc5cccc(Cc6ccc(Cc7ccc(OCCCCCC)cc7)cc6)c53)CC4)cc2)cc1. The van der Waals surface area contributed by atoms with Crippen molar-refractivity contribution in [2.75, 3.05) is 13.2 Å². The Bertz CT molecular complexity index is 2310. The fourth-order valence-corrected chi connectivity index (χ4v) is 9.49. The average molecular weight is 845 g/mol. The molecule has 0 saturated heterocycles. The Morgan fingerprint density at radius 3 is 1.48 bits per heavy atom. The number of hydrogen-bond donors (Lipinski definition) is 0. The predicted molar refractivity (Wildman–Crippen MR) is 252 cm³/mol. The van der Waals surface area contributed by atoms with Crippen LogP contribution in [0.4, 0.5) is 0 Å². The van der Waals surface area contributed by atoms with Crippen LogP contribution in [0.1, 0.15) is 134 Å². The fraction of sp³-hybridized carbons (Fsp3) is 0.368. The van der Waals surface area contributed by atoms with Gasteiger partial charge in [0.15, 0.2) is 11.5 Å². The lowest BCUT2D eigenvalue weighted by Gasteiger charge is -2.30. The average Bonchev–Trinajstić information content (AvgIpc) is 3.90. The zero-order chi connectivity index (χ0) is 43.1. The van der Waals surface area contributed by atoms with E-state index in [-0.39, 0.29) is 5.41 Å². The van der Waals surface area contributed by atoms with Gasteiger partial charge in [0.25, 0.3) is 0 Å². The van der Waals surface area contributed by atoms with Gasteiger partial charge in [0.1, 0.15) is 24.7 Å². The Hall–Kier alpha value is -5.56. The summed E-state index contributed by atoms with van der Waals surface area (Å²) in [6, 6.07) is 46.9. The van der Waals surface area contributed by atoms with E-state index in [1.807, 2.05) is 48.5 Å². The van der Waals surface area contributed by atoms with E-state index < -0.39 is 0 Å². The van der Waals surface area contributed by atoms with Gasteiger partial charge in [-0.25, -0.2) is 0 Å². The largest absolute Gasteiger partial charge is 0.494 e. The van der Waals surface area contributed by atoms with Crippen LogP contribution in [0.3, 0.4) is 0 Å². The highest BCUT2D eigenvalue weighted by atomic mass is 17.2. The molecule has 2 aliphatic rings. The van der Waals surface area contributed by atoms with E-state index in [2.05, 4.69) is 98.8 Å². The molecule has 8 rings (SSSR count). The van der Waals surface area contributed by atoms with Crippen molar-refractivity contribution in [2.45, 2.75) is 122 Å². The molecular weight excluding hydrogens is 781 g/mol. The lowest BCUT2D eigenvalue weighted by Crippen LogP contribution is -2.24. The second-order valence-electron chi connectivity index (χ2n) is 17.4. The van der Waals surface area contributed by atoms with Crippen molar-refractivity contribution >= 4 is 0 Å². The van der Waals surface area contributed by atoms with Crippen LogP contribution in [0, 0.1) is 0 Å². The van der Waals surface area contributed by atoms with Gasteiger partial charge in [-0.2, -0.15) is 9.78 Å². The minimum Gasteiger partial charge on any atom is -0.494 e. The number of hydrogen-bond acceptors (Lipinski definition) is 6. The summed E-state index contributed by atoms with van der Waals surface area (Å²) < 4.78 is 11.8. The highest BCUT2D eigenvalue weighted by molar-refractivity contribution is 5.61. The van der Waals surface area contributed by atoms with Crippen molar-refractivity contribution in [3.05, 3.63) is 189 Å². The zero-order valence-corrected chi connectivity index (χ0v) is 37.4. The first-order valence-electron chi connectivity index (χ1n) is 23.5. The molecule has 6 aromatic rings. The molecule has 1 unspecified atom stereocenters. The van der Waals surface area contributed by atoms with Gasteiger partial charge in [0.05, 0.1) is 13.2 Å². The molecule has 0 bridgehead atoms. The molecule has 0 radical (unpaired) electrons. The third-order valence-electron chi connectivity index (χ3n) is 12.8. The number of unbranched alkanes of at least 4 members (excludes halogenated alkanes) is 6. The number of aryl methyl sites for hydroxylation is 2. The molecule has 0 amide bonds. The molecule has 0 aliphatic heterocycles. The van der Waals surface area contributed by atoms with Crippen LogP contribution in [0.15, 0.2) is 133 Å². The smallest absolute Gasteiger partial charge is 0.169 e. The third kappa shape index (κ3) is 11.5. The maximum Gasteiger partial charge on any atom is 0.169 e. The van der Waals surface area contributed by atoms with Crippen LogP contribution in [-0.2, 0) is 54.1 Å². The normalized spacial score (nSPS) is 15.0. The minimum absolute atomic E-state index is 0.0881. The summed E-state index contributed by atoms with van der Waals surface area (Å²) in [7, 11) is 0. The second kappa shape index (κ2) is 22.2. The Morgan fingerprint density at radius 2 is 0.905 bits per heavy atom. The first-order chi connectivity index (χ1) is 31.1. The summed E-state index contributed by atoms with van der Waals surface area (Å²) in [6.07, 6.45) is 15.7. The monoisotopic (exact) mass is 844 g/mol. The van der Waals surface area contributed by atoms with E-state index in [4.69, 9.17) is 29.0 Å². The van der Waals surface area contributed by atoms with Crippen LogP contribution in [0.25, 0.3) is 0 Å². The first kappa shape index (κ1) is 44.1. The van der Waals surface area contributed by atoms with Crippen LogP contribution in [0.2, 0.25) is 0 Å². The lowest BCUT2D eigenvalue weighted by atomic mass is 9.74. The highest BCUT2D eigenvalue weighted by Gasteiger charge is 2.48. The van der Waals surface area contributed by atoms with Gasteiger partial charge < -0.3 is 19.2 Å². The van der Waals surface area contributed by atoms with E-state index in [1.54, 1.807) is 0 Å². The number of ether oxygens (including phenoxy) is 2. The van der Waals surface area contributed by atoms with Crippen LogP contribution < -0.4 is 19.2 Å². The minimum atomic E-state index is -0.0881. The van der Waals surface area contributed by atoms with Crippen LogP contribution in [-0.4, -0.2) is 13.2 Å². The highest BCUT2D eigenvalue weighted by Crippen LogP contribution is 2.56. The number of benzene rings is 6. The molecule has 0 fully saturated rings. The summed E-state index contributed by atoms with van der Waals surface area (Å²) in [5.74, 6) is 3.29. The van der Waals surface area contributed by atoms with E-state index in [0.29, 0.717) is 19.0 Å². The molecule has 0 saturated carbocycles. The first-order valence-corrected chi connectivity index (χ1v) is 23.5. The van der Waals surface area contributed by atoms with Crippen LogP contribution >= 0.6 is 0 Å². The zero-order valence-electron chi connectivity index (χ0n) is 37.4. The maximum atomic E-state index is 6.23. The summed E-state index contributed by atoms with van der Waals surface area (Å²) >= 11 is 0. The molecule has 6 aromatic carbocycles. The maximum absolute atomic E-state index is 6.23. The Balaban J connectivity index is 0.843. The molecule has 0 heterocycles. The molecule has 6 nitrogen and oxygen atoms in total. The topological polar surface area (TPSA) is 55.4 Å². The number of fused-ring (bicyclic) bond motifs is 4. The van der Waals surface area contributed by atoms with Crippen molar-refractivity contribution in [3.8, 4) is 23.0 Å². The molecule has 1 atom stereocenters. The molecule has 0 N–H and O–H groups in total. The van der Waals surface area contributed by atoms with Gasteiger partial charge in [0.2, 0.25) is 0 Å². The van der Waals surface area contributed by atoms with E-state index in [0.717, 1.165) is 93.0 Å². The van der Waals surface area contributed by atoms with Gasteiger partial charge in [-0.05, 0) is 144 Å². The summed E-state index contributed by atoms with van der Waals surface area (Å²) in [5.41, 5.74) is 12.9. The van der Waals surface area contributed by atoms with Gasteiger partial charge >= 0.3 is 0 Å². The standard InChI is InChI=1S/C57H64O6/c1-3-5-7-9-37-58-51-27-21-44(22-28-51)39-43-17-19-45(20-18-43)40-50-15-11-13-48-33-35-57(55(48)50)36-34-49-14-12-16-54(56(49)57)63-61-42-47-25-31-53(32-26-47)62-60-41-46-23-29-52(30-24-46)59-38-10-8-6-4-2/h11-32H,3-10,33-42H2,1-2H3. The Kier molecular flexibility index (Phi) is 15.5. The van der Waals surface area contributed by atoms with Gasteiger partial charge in [0, 0.05) is 11.0 Å². The summed E-state index contributed by atoms with van der Waals surface area (Å²) in [4.78, 5) is 23.3. The molecule has 63 heavy (non-hydrogen) atoms. The molecule has 0 aromatic heterocycles. The number of rotatable bonds is 24. The van der Waals surface area contributed by atoms with Gasteiger partial charge in [-0.3, -0.25) is 0 Å².